The van der Waals surface area contributed by atoms with E-state index in [0.717, 1.165) is 4.88 Å². The number of carbonyl (C=O) groups is 2. The van der Waals surface area contributed by atoms with Crippen LogP contribution in [-0.4, -0.2) is 21.7 Å². The first-order chi connectivity index (χ1) is 8.04. The zero-order chi connectivity index (χ0) is 12.6. The van der Waals surface area contributed by atoms with Crippen molar-refractivity contribution in [3.63, 3.8) is 0 Å². The second-order valence-electron chi connectivity index (χ2n) is 4.12. The number of imide groups is 1. The number of nitrogens with one attached hydrogen (secondary N) is 1. The maximum Gasteiger partial charge on any atom is 0.233 e. The molecule has 0 aliphatic carbocycles. The van der Waals surface area contributed by atoms with Crippen LogP contribution in [0.15, 0.2) is 6.20 Å². The molecule has 7 heteroatoms. The van der Waals surface area contributed by atoms with Crippen molar-refractivity contribution in [2.75, 3.05) is 5.43 Å². The van der Waals surface area contributed by atoms with Gasteiger partial charge in [-0.25, -0.2) is 10.8 Å². The number of nitrogens with two attached hydrogens (primary N) is 1. The molecule has 1 aliphatic heterocycles. The molecule has 0 aromatic carbocycles. The van der Waals surface area contributed by atoms with E-state index in [1.165, 1.54) is 16.2 Å². The van der Waals surface area contributed by atoms with Crippen LogP contribution in [0.3, 0.4) is 0 Å². The molecule has 0 spiro atoms. The SMILES string of the molecule is CC1C(=O)N(Cc2cnc(NN)s2)C(=O)C1C. The van der Waals surface area contributed by atoms with E-state index in [0.29, 0.717) is 5.13 Å². The molecule has 1 aromatic rings. The molecule has 1 aromatic heterocycles. The summed E-state index contributed by atoms with van der Waals surface area (Å²) in [5, 5.41) is 0.570. The van der Waals surface area contributed by atoms with Crippen LogP contribution in [0.2, 0.25) is 0 Å². The fraction of sp³-hybridized carbons (Fsp3) is 0.500. The summed E-state index contributed by atoms with van der Waals surface area (Å²) >= 11 is 1.33. The van der Waals surface area contributed by atoms with Gasteiger partial charge in [0, 0.05) is 22.9 Å². The van der Waals surface area contributed by atoms with Crippen LogP contribution < -0.4 is 11.3 Å². The van der Waals surface area contributed by atoms with Crippen LogP contribution in [0.4, 0.5) is 5.13 Å². The number of hydrogen-bond donors (Lipinski definition) is 2. The largest absolute Gasteiger partial charge is 0.300 e. The highest BCUT2D eigenvalue weighted by atomic mass is 32.1. The minimum atomic E-state index is -0.234. The van der Waals surface area contributed by atoms with E-state index >= 15 is 0 Å². The van der Waals surface area contributed by atoms with Crippen LogP contribution in [-0.2, 0) is 16.1 Å². The quantitative estimate of drug-likeness (QED) is 0.467. The molecule has 2 atom stereocenters. The highest BCUT2D eigenvalue weighted by Gasteiger charge is 2.42. The average Bonchev–Trinajstić information content (AvgIpc) is 2.85. The minimum absolute atomic E-state index is 0.113. The van der Waals surface area contributed by atoms with Crippen molar-refractivity contribution in [1.82, 2.24) is 9.88 Å². The molecule has 17 heavy (non-hydrogen) atoms. The van der Waals surface area contributed by atoms with E-state index in [9.17, 15) is 9.59 Å². The number of rotatable bonds is 3. The van der Waals surface area contributed by atoms with E-state index in [1.807, 2.05) is 0 Å². The summed E-state index contributed by atoms with van der Waals surface area (Å²) in [7, 11) is 0. The number of nitrogen functional groups attached to an aromatic ring is 1. The highest BCUT2D eigenvalue weighted by Crippen LogP contribution is 2.28. The van der Waals surface area contributed by atoms with E-state index in [2.05, 4.69) is 10.4 Å². The van der Waals surface area contributed by atoms with E-state index in [4.69, 9.17) is 5.84 Å². The predicted octanol–water partition coefficient (Wildman–Crippen LogP) is 0.570. The number of thiazole rings is 1. The molecule has 6 nitrogen and oxygen atoms in total. The summed E-state index contributed by atoms with van der Waals surface area (Å²) in [6.45, 7) is 3.85. The maximum atomic E-state index is 11.9. The van der Waals surface area contributed by atoms with Crippen LogP contribution in [0.1, 0.15) is 18.7 Å². The number of aromatic nitrogens is 1. The standard InChI is InChI=1S/C10H14N4O2S/c1-5-6(2)9(16)14(8(5)15)4-7-3-12-10(13-11)17-7/h3,5-6H,4,11H2,1-2H3,(H,12,13). The second kappa shape index (κ2) is 4.42. The molecule has 2 amide bonds. The van der Waals surface area contributed by atoms with Crippen molar-refractivity contribution in [3.05, 3.63) is 11.1 Å². The van der Waals surface area contributed by atoms with Gasteiger partial charge in [0.15, 0.2) is 5.13 Å². The number of hydrogen-bond acceptors (Lipinski definition) is 6. The highest BCUT2D eigenvalue weighted by molar-refractivity contribution is 7.15. The third kappa shape index (κ3) is 2.03. The Bertz CT molecular complexity index is 439. The monoisotopic (exact) mass is 254 g/mol. The topological polar surface area (TPSA) is 88.3 Å². The second-order valence-corrected chi connectivity index (χ2v) is 5.23. The molecule has 2 heterocycles. The molecule has 92 valence electrons. The van der Waals surface area contributed by atoms with Gasteiger partial charge in [0.25, 0.3) is 0 Å². The third-order valence-corrected chi connectivity index (χ3v) is 3.97. The molecule has 0 saturated carbocycles. The van der Waals surface area contributed by atoms with Crippen molar-refractivity contribution < 1.29 is 9.59 Å². The first-order valence-corrected chi connectivity index (χ1v) is 6.12. The Morgan fingerprint density at radius 3 is 2.47 bits per heavy atom. The lowest BCUT2D eigenvalue weighted by atomic mass is 10.00. The van der Waals surface area contributed by atoms with Crippen molar-refractivity contribution in [2.24, 2.45) is 17.7 Å². The summed E-state index contributed by atoms with van der Waals surface area (Å²) in [6, 6.07) is 0. The fourth-order valence-electron chi connectivity index (χ4n) is 1.79. The normalized spacial score (nSPS) is 24.5. The van der Waals surface area contributed by atoms with Gasteiger partial charge in [-0.05, 0) is 0 Å². The smallest absolute Gasteiger partial charge is 0.233 e. The third-order valence-electron chi connectivity index (χ3n) is 3.05. The Balaban J connectivity index is 2.13. The Labute approximate surface area is 103 Å². The molecular formula is C10H14N4O2S. The van der Waals surface area contributed by atoms with Gasteiger partial charge >= 0.3 is 0 Å². The van der Waals surface area contributed by atoms with Crippen LogP contribution in [0, 0.1) is 11.8 Å². The van der Waals surface area contributed by atoms with E-state index < -0.39 is 0 Å². The molecule has 0 bridgehead atoms. The van der Waals surface area contributed by atoms with Crippen molar-refractivity contribution in [2.45, 2.75) is 20.4 Å². The molecule has 3 N–H and O–H groups in total. The summed E-state index contributed by atoms with van der Waals surface area (Å²) in [5.74, 6) is 4.53. The van der Waals surface area contributed by atoms with Gasteiger partial charge in [-0.15, -0.1) is 0 Å². The zero-order valence-electron chi connectivity index (χ0n) is 9.64. The first kappa shape index (κ1) is 12.0. The molecule has 1 saturated heterocycles. The van der Waals surface area contributed by atoms with Gasteiger partial charge in [0.1, 0.15) is 0 Å². The van der Waals surface area contributed by atoms with Gasteiger partial charge in [0.05, 0.1) is 6.54 Å². The lowest BCUT2D eigenvalue weighted by molar-refractivity contribution is -0.140. The van der Waals surface area contributed by atoms with Gasteiger partial charge in [-0.1, -0.05) is 25.2 Å². The maximum absolute atomic E-state index is 11.9. The Hall–Kier alpha value is -1.47. The van der Waals surface area contributed by atoms with Crippen molar-refractivity contribution in [1.29, 1.82) is 0 Å². The zero-order valence-corrected chi connectivity index (χ0v) is 10.5. The lowest BCUT2D eigenvalue weighted by Gasteiger charge is -2.12. The number of amides is 2. The molecule has 2 unspecified atom stereocenters. The van der Waals surface area contributed by atoms with Gasteiger partial charge in [0.2, 0.25) is 11.8 Å². The molecule has 1 aliphatic rings. The van der Waals surface area contributed by atoms with Crippen LogP contribution in [0.25, 0.3) is 0 Å². The molecule has 2 rings (SSSR count). The van der Waals surface area contributed by atoms with E-state index in [-0.39, 0.29) is 30.2 Å². The number of carbonyl (C=O) groups excluding carboxylic acids is 2. The number of likely N-dealkylation sites (tertiary alicyclic amines) is 1. The molecule has 1 fully saturated rings. The number of anilines is 1. The summed E-state index contributed by atoms with van der Waals surface area (Å²) < 4.78 is 0. The predicted molar refractivity (Wildman–Crippen MR) is 63.8 cm³/mol. The Morgan fingerprint density at radius 2 is 2.00 bits per heavy atom. The fourth-order valence-corrected chi connectivity index (χ4v) is 2.50. The summed E-state index contributed by atoms with van der Waals surface area (Å²) in [4.78, 5) is 29.8. The molecule has 0 radical (unpaired) electrons. The van der Waals surface area contributed by atoms with E-state index in [1.54, 1.807) is 20.0 Å². The van der Waals surface area contributed by atoms with Crippen LogP contribution in [0.5, 0.6) is 0 Å². The van der Waals surface area contributed by atoms with Crippen LogP contribution >= 0.6 is 11.3 Å². The summed E-state index contributed by atoms with van der Waals surface area (Å²) in [5.41, 5.74) is 2.43. The van der Waals surface area contributed by atoms with Crippen molar-refractivity contribution >= 4 is 28.3 Å². The average molecular weight is 254 g/mol. The minimum Gasteiger partial charge on any atom is -0.300 e. The summed E-state index contributed by atoms with van der Waals surface area (Å²) in [6.07, 6.45) is 1.62. The lowest BCUT2D eigenvalue weighted by Crippen LogP contribution is -2.29. The van der Waals surface area contributed by atoms with Gasteiger partial charge in [-0.3, -0.25) is 19.9 Å². The van der Waals surface area contributed by atoms with Gasteiger partial charge in [-0.2, -0.15) is 0 Å². The number of nitrogens with zero attached hydrogens (tertiary/aromatic N) is 2. The molecular weight excluding hydrogens is 240 g/mol. The van der Waals surface area contributed by atoms with Crippen molar-refractivity contribution in [3.8, 4) is 0 Å². The first-order valence-electron chi connectivity index (χ1n) is 5.31. The Kier molecular flexibility index (Phi) is 3.12. The number of hydrazine groups is 1. The Morgan fingerprint density at radius 1 is 1.41 bits per heavy atom. The van der Waals surface area contributed by atoms with Gasteiger partial charge < -0.3 is 0 Å².